The molecule has 0 aliphatic carbocycles. The summed E-state index contributed by atoms with van der Waals surface area (Å²) >= 11 is 12.2. The lowest BCUT2D eigenvalue weighted by molar-refractivity contribution is 0.749. The minimum Gasteiger partial charge on any atom is -0.378 e. The molecule has 0 saturated carbocycles. The number of rotatable bonds is 4. The first kappa shape index (κ1) is 14.8. The molecule has 0 spiro atoms. The molecule has 0 aliphatic rings. The zero-order valence-electron chi connectivity index (χ0n) is 11.2. The predicted octanol–water partition coefficient (Wildman–Crippen LogP) is 5.54. The van der Waals surface area contributed by atoms with Crippen LogP contribution in [0.25, 0.3) is 0 Å². The van der Waals surface area contributed by atoms with Gasteiger partial charge in [-0.2, -0.15) is 0 Å². The molecule has 0 fully saturated rings. The van der Waals surface area contributed by atoms with Crippen LogP contribution in [0.15, 0.2) is 42.5 Å². The maximum absolute atomic E-state index is 6.27. The number of benzene rings is 2. The quantitative estimate of drug-likeness (QED) is 0.731. The smallest absolute Gasteiger partial charge is 0.0525 e. The highest BCUT2D eigenvalue weighted by molar-refractivity contribution is 6.35. The van der Waals surface area contributed by atoms with Gasteiger partial charge in [0.05, 0.1) is 6.04 Å². The van der Waals surface area contributed by atoms with Crippen molar-refractivity contribution in [2.24, 2.45) is 0 Å². The number of anilines is 1. The molecule has 0 saturated heterocycles. The summed E-state index contributed by atoms with van der Waals surface area (Å²) in [5.74, 6) is 2.63. The number of hydrogen-bond donors (Lipinski definition) is 1. The van der Waals surface area contributed by atoms with E-state index in [4.69, 9.17) is 29.6 Å². The van der Waals surface area contributed by atoms with Crippen molar-refractivity contribution in [2.45, 2.75) is 19.4 Å². The van der Waals surface area contributed by atoms with Crippen LogP contribution in [0.1, 0.15) is 30.5 Å². The van der Waals surface area contributed by atoms with Gasteiger partial charge in [-0.3, -0.25) is 0 Å². The summed E-state index contributed by atoms with van der Waals surface area (Å²) in [4.78, 5) is 0. The second kappa shape index (κ2) is 6.70. The number of terminal acetylenes is 1. The second-order valence-corrected chi connectivity index (χ2v) is 5.34. The van der Waals surface area contributed by atoms with Crippen LogP contribution in [-0.4, -0.2) is 0 Å². The highest BCUT2D eigenvalue weighted by Crippen LogP contribution is 2.30. The van der Waals surface area contributed by atoms with Crippen molar-refractivity contribution in [2.75, 3.05) is 5.32 Å². The van der Waals surface area contributed by atoms with Crippen molar-refractivity contribution in [3.63, 3.8) is 0 Å². The van der Waals surface area contributed by atoms with Crippen molar-refractivity contribution in [1.29, 1.82) is 0 Å². The molecule has 2 aromatic rings. The molecule has 1 unspecified atom stereocenters. The largest absolute Gasteiger partial charge is 0.378 e. The number of hydrogen-bond acceptors (Lipinski definition) is 1. The van der Waals surface area contributed by atoms with Crippen molar-refractivity contribution in [3.8, 4) is 12.3 Å². The summed E-state index contributed by atoms with van der Waals surface area (Å²) < 4.78 is 0. The Morgan fingerprint density at radius 3 is 2.65 bits per heavy atom. The van der Waals surface area contributed by atoms with Crippen molar-refractivity contribution in [1.82, 2.24) is 0 Å². The van der Waals surface area contributed by atoms with Gasteiger partial charge in [-0.05, 0) is 42.3 Å². The number of halogens is 2. The van der Waals surface area contributed by atoms with Gasteiger partial charge in [-0.15, -0.1) is 6.42 Å². The van der Waals surface area contributed by atoms with Crippen molar-refractivity contribution < 1.29 is 0 Å². The van der Waals surface area contributed by atoms with Gasteiger partial charge in [0, 0.05) is 21.3 Å². The minimum atomic E-state index is 0.118. The molecule has 0 aromatic heterocycles. The fraction of sp³-hybridized carbons (Fsp3) is 0.176. The summed E-state index contributed by atoms with van der Waals surface area (Å²) in [6.07, 6.45) is 6.32. The highest BCUT2D eigenvalue weighted by Gasteiger charge is 2.13. The summed E-state index contributed by atoms with van der Waals surface area (Å²) in [7, 11) is 0. The summed E-state index contributed by atoms with van der Waals surface area (Å²) in [5.41, 5.74) is 2.87. The predicted molar refractivity (Wildman–Crippen MR) is 87.5 cm³/mol. The minimum absolute atomic E-state index is 0.118. The van der Waals surface area contributed by atoms with Crippen LogP contribution in [0.3, 0.4) is 0 Å². The summed E-state index contributed by atoms with van der Waals surface area (Å²) in [6, 6.07) is 13.5. The molecule has 0 heterocycles. The molecule has 0 aliphatic heterocycles. The zero-order valence-corrected chi connectivity index (χ0v) is 12.7. The molecule has 0 radical (unpaired) electrons. The Morgan fingerprint density at radius 1 is 1.20 bits per heavy atom. The first-order chi connectivity index (χ1) is 9.63. The SMILES string of the molecule is C#Cc1cccc(NC(CC)c2ccc(Cl)cc2Cl)c1. The van der Waals surface area contributed by atoms with Crippen molar-refractivity contribution >= 4 is 28.9 Å². The Hall–Kier alpha value is -1.62. The lowest BCUT2D eigenvalue weighted by atomic mass is 10.0. The molecule has 3 heteroatoms. The van der Waals surface area contributed by atoms with E-state index < -0.39 is 0 Å². The van der Waals surface area contributed by atoms with Crippen LogP contribution in [0.2, 0.25) is 10.0 Å². The van der Waals surface area contributed by atoms with Crippen LogP contribution in [0.4, 0.5) is 5.69 Å². The van der Waals surface area contributed by atoms with Gasteiger partial charge in [0.1, 0.15) is 0 Å². The molecule has 2 rings (SSSR count). The topological polar surface area (TPSA) is 12.0 Å². The molecule has 2 aromatic carbocycles. The average Bonchev–Trinajstić information content (AvgIpc) is 2.45. The van der Waals surface area contributed by atoms with E-state index in [0.29, 0.717) is 10.0 Å². The van der Waals surface area contributed by atoms with Gasteiger partial charge in [-0.1, -0.05) is 48.2 Å². The lowest BCUT2D eigenvalue weighted by Crippen LogP contribution is -2.10. The van der Waals surface area contributed by atoms with E-state index in [2.05, 4.69) is 18.2 Å². The first-order valence-corrected chi connectivity index (χ1v) is 7.17. The Balaban J connectivity index is 2.26. The van der Waals surface area contributed by atoms with Gasteiger partial charge in [0.15, 0.2) is 0 Å². The van der Waals surface area contributed by atoms with E-state index >= 15 is 0 Å². The molecule has 20 heavy (non-hydrogen) atoms. The van der Waals surface area contributed by atoms with Crippen LogP contribution < -0.4 is 5.32 Å². The fourth-order valence-corrected chi connectivity index (χ4v) is 2.62. The normalized spacial score (nSPS) is 11.7. The van der Waals surface area contributed by atoms with E-state index in [1.165, 1.54) is 0 Å². The number of nitrogens with one attached hydrogen (secondary N) is 1. The summed E-state index contributed by atoms with van der Waals surface area (Å²) in [5, 5.41) is 4.77. The Bertz CT molecular complexity index is 644. The first-order valence-electron chi connectivity index (χ1n) is 6.42. The third-order valence-corrected chi connectivity index (χ3v) is 3.68. The maximum atomic E-state index is 6.27. The van der Waals surface area contributed by atoms with Gasteiger partial charge < -0.3 is 5.32 Å². The molecule has 1 N–H and O–H groups in total. The third kappa shape index (κ3) is 3.48. The third-order valence-electron chi connectivity index (χ3n) is 3.12. The molecular weight excluding hydrogens is 289 g/mol. The highest BCUT2D eigenvalue weighted by atomic mass is 35.5. The fourth-order valence-electron chi connectivity index (χ4n) is 2.08. The molecule has 0 amide bonds. The zero-order chi connectivity index (χ0) is 14.5. The van der Waals surface area contributed by atoms with Gasteiger partial charge >= 0.3 is 0 Å². The van der Waals surface area contributed by atoms with Gasteiger partial charge in [0.25, 0.3) is 0 Å². The Kier molecular flexibility index (Phi) is 4.95. The molecule has 0 bridgehead atoms. The molecule has 1 nitrogen and oxygen atoms in total. The van der Waals surface area contributed by atoms with Gasteiger partial charge in [-0.25, -0.2) is 0 Å². The van der Waals surface area contributed by atoms with E-state index in [-0.39, 0.29) is 6.04 Å². The van der Waals surface area contributed by atoms with Crippen molar-refractivity contribution in [3.05, 3.63) is 63.6 Å². The standard InChI is InChI=1S/C17H15Cl2N/c1-3-12-6-5-7-14(10-12)20-17(4-2)15-9-8-13(18)11-16(15)19/h1,5-11,17,20H,4H2,2H3. The van der Waals surface area contributed by atoms with E-state index in [1.807, 2.05) is 36.4 Å². The van der Waals surface area contributed by atoms with Crippen LogP contribution in [-0.2, 0) is 0 Å². The van der Waals surface area contributed by atoms with E-state index in [9.17, 15) is 0 Å². The maximum Gasteiger partial charge on any atom is 0.0525 e. The second-order valence-electron chi connectivity index (χ2n) is 4.50. The van der Waals surface area contributed by atoms with E-state index in [0.717, 1.165) is 23.2 Å². The molecule has 1 atom stereocenters. The van der Waals surface area contributed by atoms with Crippen LogP contribution >= 0.6 is 23.2 Å². The Labute approximate surface area is 129 Å². The Morgan fingerprint density at radius 2 is 2.00 bits per heavy atom. The van der Waals surface area contributed by atoms with Crippen LogP contribution in [0.5, 0.6) is 0 Å². The summed E-state index contributed by atoms with van der Waals surface area (Å²) in [6.45, 7) is 2.10. The monoisotopic (exact) mass is 303 g/mol. The average molecular weight is 304 g/mol. The van der Waals surface area contributed by atoms with Gasteiger partial charge in [0.2, 0.25) is 0 Å². The van der Waals surface area contributed by atoms with E-state index in [1.54, 1.807) is 6.07 Å². The molecule has 102 valence electrons. The molecular formula is C17H15Cl2N. The van der Waals surface area contributed by atoms with Crippen LogP contribution in [0, 0.1) is 12.3 Å². The lowest BCUT2D eigenvalue weighted by Gasteiger charge is -2.20.